The number of nitrogen functional groups attached to an aromatic ring is 1. The Hall–Kier alpha value is -1.78. The maximum atomic E-state index is 11.0. The topological polar surface area (TPSA) is 80.0 Å². The third-order valence-electron chi connectivity index (χ3n) is 2.76. The lowest BCUT2D eigenvalue weighted by atomic mass is 10.1. The van der Waals surface area contributed by atoms with Crippen molar-refractivity contribution in [2.75, 3.05) is 17.6 Å². The lowest BCUT2D eigenvalue weighted by Crippen LogP contribution is -2.42. The highest BCUT2D eigenvalue weighted by atomic mass is 16.1. The van der Waals surface area contributed by atoms with Crippen LogP contribution in [0.1, 0.15) is 18.4 Å². The van der Waals surface area contributed by atoms with E-state index in [9.17, 15) is 4.79 Å². The van der Waals surface area contributed by atoms with Crippen LogP contribution in [0.3, 0.4) is 0 Å². The van der Waals surface area contributed by atoms with Crippen LogP contribution in [0.25, 0.3) is 0 Å². The lowest BCUT2D eigenvalue weighted by Gasteiger charge is -2.24. The largest absolute Gasteiger partial charge is 0.398 e. The van der Waals surface area contributed by atoms with Crippen molar-refractivity contribution >= 4 is 17.4 Å². The summed E-state index contributed by atoms with van der Waals surface area (Å²) in [6, 6.07) is 2.07. The van der Waals surface area contributed by atoms with Gasteiger partial charge in [0.2, 0.25) is 5.91 Å². The zero-order chi connectivity index (χ0) is 11.5. The van der Waals surface area contributed by atoms with Crippen molar-refractivity contribution in [2.45, 2.75) is 25.8 Å². The van der Waals surface area contributed by atoms with Crippen molar-refractivity contribution in [1.29, 1.82) is 0 Å². The smallest absolute Gasteiger partial charge is 0.220 e. The molecule has 0 aromatic carbocycles. The van der Waals surface area contributed by atoms with E-state index in [-0.39, 0.29) is 11.9 Å². The summed E-state index contributed by atoms with van der Waals surface area (Å²) in [6.07, 6.45) is 3.15. The second-order valence-corrected chi connectivity index (χ2v) is 4.11. The Morgan fingerprint density at radius 2 is 2.44 bits per heavy atom. The molecule has 1 atom stereocenters. The van der Waals surface area contributed by atoms with Gasteiger partial charge in [0.1, 0.15) is 5.82 Å². The molecule has 1 aliphatic rings. The molecule has 0 spiro atoms. The third kappa shape index (κ3) is 2.42. The van der Waals surface area contributed by atoms with Gasteiger partial charge in [-0.15, -0.1) is 0 Å². The van der Waals surface area contributed by atoms with Crippen molar-refractivity contribution in [1.82, 2.24) is 10.3 Å². The zero-order valence-electron chi connectivity index (χ0n) is 9.29. The van der Waals surface area contributed by atoms with E-state index in [0.29, 0.717) is 13.0 Å². The van der Waals surface area contributed by atoms with Gasteiger partial charge in [0.25, 0.3) is 0 Å². The quantitative estimate of drug-likeness (QED) is 0.684. The van der Waals surface area contributed by atoms with E-state index >= 15 is 0 Å². The van der Waals surface area contributed by atoms with Crippen LogP contribution in [-0.2, 0) is 4.79 Å². The number of nitrogens with one attached hydrogen (secondary N) is 2. The molecule has 1 aliphatic heterocycles. The number of pyridine rings is 1. The minimum atomic E-state index is 0.120. The van der Waals surface area contributed by atoms with Crippen LogP contribution in [0.15, 0.2) is 12.3 Å². The number of nitrogens with zero attached hydrogens (tertiary/aromatic N) is 1. The molecule has 0 saturated carbocycles. The molecule has 2 heterocycles. The SMILES string of the molecule is Cc1cnc(NC2CCC(=O)NC2)cc1N. The average molecular weight is 220 g/mol. The van der Waals surface area contributed by atoms with Gasteiger partial charge in [-0.2, -0.15) is 0 Å². The minimum Gasteiger partial charge on any atom is -0.398 e. The van der Waals surface area contributed by atoms with Crippen LogP contribution < -0.4 is 16.4 Å². The monoisotopic (exact) mass is 220 g/mol. The maximum Gasteiger partial charge on any atom is 0.220 e. The number of aryl methyl sites for hydroxylation is 1. The van der Waals surface area contributed by atoms with Gasteiger partial charge >= 0.3 is 0 Å². The molecule has 16 heavy (non-hydrogen) atoms. The number of anilines is 2. The zero-order valence-corrected chi connectivity index (χ0v) is 9.29. The molecular formula is C11H16N4O. The van der Waals surface area contributed by atoms with Gasteiger partial charge in [-0.05, 0) is 18.9 Å². The molecule has 4 N–H and O–H groups in total. The van der Waals surface area contributed by atoms with E-state index in [1.165, 1.54) is 0 Å². The summed E-state index contributed by atoms with van der Waals surface area (Å²) >= 11 is 0. The van der Waals surface area contributed by atoms with E-state index in [4.69, 9.17) is 5.73 Å². The lowest BCUT2D eigenvalue weighted by molar-refractivity contribution is -0.122. The van der Waals surface area contributed by atoms with Crippen LogP contribution >= 0.6 is 0 Å². The maximum absolute atomic E-state index is 11.0. The standard InChI is InChI=1S/C11H16N4O/c1-7-5-13-10(4-9(7)12)15-8-2-3-11(16)14-6-8/h4-5,8H,2-3,6H2,1H3,(H,14,16)(H3,12,13,15). The summed E-state index contributed by atoms with van der Waals surface area (Å²) in [6.45, 7) is 2.57. The fourth-order valence-corrected chi connectivity index (χ4v) is 1.68. The van der Waals surface area contributed by atoms with Crippen LogP contribution in [0.2, 0.25) is 0 Å². The first-order valence-corrected chi connectivity index (χ1v) is 5.40. The summed E-state index contributed by atoms with van der Waals surface area (Å²) in [7, 11) is 0. The summed E-state index contributed by atoms with van der Waals surface area (Å²) < 4.78 is 0. The second-order valence-electron chi connectivity index (χ2n) is 4.11. The highest BCUT2D eigenvalue weighted by Crippen LogP contribution is 2.16. The van der Waals surface area contributed by atoms with Crippen LogP contribution in [0, 0.1) is 6.92 Å². The highest BCUT2D eigenvalue weighted by Gasteiger charge is 2.17. The van der Waals surface area contributed by atoms with Crippen molar-refractivity contribution in [3.05, 3.63) is 17.8 Å². The Morgan fingerprint density at radius 1 is 1.62 bits per heavy atom. The molecule has 86 valence electrons. The number of piperidine rings is 1. The van der Waals surface area contributed by atoms with Gasteiger partial charge in [-0.25, -0.2) is 4.98 Å². The third-order valence-corrected chi connectivity index (χ3v) is 2.76. The molecule has 1 aromatic rings. The summed E-state index contributed by atoms with van der Waals surface area (Å²) in [5, 5.41) is 6.08. The predicted octanol–water partition coefficient (Wildman–Crippen LogP) is 0.663. The number of carbonyl (C=O) groups excluding carboxylic acids is 1. The summed E-state index contributed by atoms with van der Waals surface area (Å²) in [5.74, 6) is 0.888. The van der Waals surface area contributed by atoms with E-state index in [2.05, 4.69) is 15.6 Å². The van der Waals surface area contributed by atoms with Crippen LogP contribution in [-0.4, -0.2) is 23.5 Å². The number of rotatable bonds is 2. The fourth-order valence-electron chi connectivity index (χ4n) is 1.68. The van der Waals surface area contributed by atoms with Crippen molar-refractivity contribution in [3.8, 4) is 0 Å². The molecular weight excluding hydrogens is 204 g/mol. The molecule has 1 amide bonds. The van der Waals surface area contributed by atoms with Gasteiger partial charge < -0.3 is 16.4 Å². The van der Waals surface area contributed by atoms with Crippen molar-refractivity contribution in [2.24, 2.45) is 0 Å². The Kier molecular flexibility index (Phi) is 2.94. The van der Waals surface area contributed by atoms with Crippen LogP contribution in [0.5, 0.6) is 0 Å². The van der Waals surface area contributed by atoms with Crippen LogP contribution in [0.4, 0.5) is 11.5 Å². The molecule has 1 unspecified atom stereocenters. The van der Waals surface area contributed by atoms with E-state index in [1.54, 1.807) is 6.20 Å². The fraction of sp³-hybridized carbons (Fsp3) is 0.455. The Morgan fingerprint density at radius 3 is 3.06 bits per heavy atom. The molecule has 0 radical (unpaired) electrons. The summed E-state index contributed by atoms with van der Waals surface area (Å²) in [4.78, 5) is 15.2. The van der Waals surface area contributed by atoms with Gasteiger partial charge in [0.15, 0.2) is 0 Å². The molecule has 5 nitrogen and oxygen atoms in total. The number of carbonyl (C=O) groups is 1. The molecule has 1 fully saturated rings. The Labute approximate surface area is 94.4 Å². The average Bonchev–Trinajstić information content (AvgIpc) is 2.27. The number of hydrogen-bond acceptors (Lipinski definition) is 4. The van der Waals surface area contributed by atoms with Crippen molar-refractivity contribution in [3.63, 3.8) is 0 Å². The molecule has 1 saturated heterocycles. The second kappa shape index (κ2) is 4.38. The Balaban J connectivity index is 1.98. The van der Waals surface area contributed by atoms with Gasteiger partial charge in [0.05, 0.1) is 0 Å². The van der Waals surface area contributed by atoms with E-state index in [1.807, 2.05) is 13.0 Å². The molecule has 5 heteroatoms. The van der Waals surface area contributed by atoms with Gasteiger partial charge in [0, 0.05) is 37.0 Å². The van der Waals surface area contributed by atoms with Crippen molar-refractivity contribution < 1.29 is 4.79 Å². The Bertz CT molecular complexity index is 395. The van der Waals surface area contributed by atoms with E-state index in [0.717, 1.165) is 23.5 Å². The first-order chi connectivity index (χ1) is 7.65. The first-order valence-electron chi connectivity index (χ1n) is 5.40. The molecule has 1 aromatic heterocycles. The van der Waals surface area contributed by atoms with E-state index < -0.39 is 0 Å². The normalized spacial score (nSPS) is 20.3. The number of hydrogen-bond donors (Lipinski definition) is 3. The minimum absolute atomic E-state index is 0.120. The number of amides is 1. The molecule has 0 bridgehead atoms. The predicted molar refractivity (Wildman–Crippen MR) is 63.0 cm³/mol. The molecule has 0 aliphatic carbocycles. The number of aromatic nitrogens is 1. The molecule has 2 rings (SSSR count). The highest BCUT2D eigenvalue weighted by molar-refractivity contribution is 5.77. The summed E-state index contributed by atoms with van der Waals surface area (Å²) in [5.41, 5.74) is 7.51. The van der Waals surface area contributed by atoms with Gasteiger partial charge in [-0.1, -0.05) is 0 Å². The number of nitrogens with two attached hydrogens (primary N) is 1. The van der Waals surface area contributed by atoms with Gasteiger partial charge in [-0.3, -0.25) is 4.79 Å². The first kappa shape index (κ1) is 10.7.